The number of nitrogens with one attached hydrogen (secondary N) is 1. The van der Waals surface area contributed by atoms with Crippen LogP contribution in [0.2, 0.25) is 0 Å². The molecule has 0 aromatic carbocycles. The fraction of sp³-hybridized carbons (Fsp3) is 0.917. The molecule has 0 radical (unpaired) electrons. The number of halogens is 3. The number of unbranched alkanes of at least 4 members (excludes halogenated alkanes) is 1. The number of hydrogen-bond donors (Lipinski definition) is 1. The van der Waals surface area contributed by atoms with E-state index in [2.05, 4.69) is 5.32 Å². The van der Waals surface area contributed by atoms with Gasteiger partial charge in [-0.25, -0.2) is 0 Å². The van der Waals surface area contributed by atoms with E-state index < -0.39 is 12.6 Å². The fourth-order valence-corrected chi connectivity index (χ4v) is 2.03. The third-order valence-corrected chi connectivity index (χ3v) is 3.05. The molecule has 1 aliphatic heterocycles. The minimum atomic E-state index is -4.07. The van der Waals surface area contributed by atoms with Crippen molar-refractivity contribution in [3.8, 4) is 0 Å². The first-order valence-electron chi connectivity index (χ1n) is 6.54. The maximum atomic E-state index is 11.9. The first kappa shape index (κ1) is 15.3. The van der Waals surface area contributed by atoms with Gasteiger partial charge in [0.15, 0.2) is 0 Å². The third-order valence-electron chi connectivity index (χ3n) is 3.05. The van der Waals surface area contributed by atoms with E-state index in [1.807, 2.05) is 4.90 Å². The van der Waals surface area contributed by atoms with E-state index in [1.54, 1.807) is 0 Å². The maximum Gasteiger partial charge on any atom is 0.389 e. The number of carbonyl (C=O) groups excluding carboxylic acids is 1. The molecule has 0 atom stereocenters. The fourth-order valence-electron chi connectivity index (χ4n) is 2.03. The van der Waals surface area contributed by atoms with Crippen molar-refractivity contribution in [3.05, 3.63) is 0 Å². The molecule has 6 heteroatoms. The minimum Gasteiger partial charge on any atom is -0.342 e. The van der Waals surface area contributed by atoms with Crippen molar-refractivity contribution in [2.75, 3.05) is 26.2 Å². The summed E-state index contributed by atoms with van der Waals surface area (Å²) >= 11 is 0. The number of rotatable bonds is 6. The zero-order valence-corrected chi connectivity index (χ0v) is 10.6. The Morgan fingerprint density at radius 1 is 1.11 bits per heavy atom. The lowest BCUT2D eigenvalue weighted by Crippen LogP contribution is -2.41. The molecule has 1 heterocycles. The molecule has 0 spiro atoms. The standard InChI is InChI=1S/C12H21F3N2O/c13-12(14,15)6-2-3-7-16-10-11(18)17-8-4-1-5-9-17/h16H,1-10H2. The second-order valence-electron chi connectivity index (χ2n) is 4.69. The second kappa shape index (κ2) is 7.61. The lowest BCUT2D eigenvalue weighted by Gasteiger charge is -2.26. The van der Waals surface area contributed by atoms with Crippen LogP contribution in [0.5, 0.6) is 0 Å². The molecule has 3 nitrogen and oxygen atoms in total. The monoisotopic (exact) mass is 266 g/mol. The molecule has 1 saturated heterocycles. The lowest BCUT2D eigenvalue weighted by atomic mass is 10.1. The summed E-state index contributed by atoms with van der Waals surface area (Å²) in [6.45, 7) is 2.34. The van der Waals surface area contributed by atoms with Gasteiger partial charge in [0.25, 0.3) is 0 Å². The van der Waals surface area contributed by atoms with Crippen LogP contribution >= 0.6 is 0 Å². The Hall–Kier alpha value is -0.780. The largest absolute Gasteiger partial charge is 0.389 e. The first-order chi connectivity index (χ1) is 8.49. The Morgan fingerprint density at radius 3 is 2.39 bits per heavy atom. The van der Waals surface area contributed by atoms with Gasteiger partial charge in [-0.15, -0.1) is 0 Å². The molecule has 18 heavy (non-hydrogen) atoms. The summed E-state index contributed by atoms with van der Waals surface area (Å²) in [5, 5.41) is 2.91. The summed E-state index contributed by atoms with van der Waals surface area (Å²) in [5.74, 6) is 0.0607. The number of alkyl halides is 3. The van der Waals surface area contributed by atoms with E-state index >= 15 is 0 Å². The van der Waals surface area contributed by atoms with Crippen LogP contribution in [-0.2, 0) is 4.79 Å². The highest BCUT2D eigenvalue weighted by Gasteiger charge is 2.25. The van der Waals surface area contributed by atoms with E-state index in [0.717, 1.165) is 25.9 Å². The highest BCUT2D eigenvalue weighted by Crippen LogP contribution is 2.21. The summed E-state index contributed by atoms with van der Waals surface area (Å²) in [6.07, 6.45) is -0.955. The minimum absolute atomic E-state index is 0.0607. The molecule has 0 bridgehead atoms. The summed E-state index contributed by atoms with van der Waals surface area (Å²) in [7, 11) is 0. The van der Waals surface area contributed by atoms with Gasteiger partial charge in [0, 0.05) is 19.5 Å². The molecular formula is C12H21F3N2O. The van der Waals surface area contributed by atoms with Gasteiger partial charge in [-0.1, -0.05) is 0 Å². The molecule has 1 amide bonds. The Kier molecular flexibility index (Phi) is 6.46. The summed E-state index contributed by atoms with van der Waals surface area (Å²) in [5.41, 5.74) is 0. The van der Waals surface area contributed by atoms with Gasteiger partial charge in [-0.2, -0.15) is 13.2 Å². The van der Waals surface area contributed by atoms with Gasteiger partial charge in [0.1, 0.15) is 0 Å². The molecule has 1 aliphatic rings. The predicted molar refractivity (Wildman–Crippen MR) is 63.2 cm³/mol. The second-order valence-corrected chi connectivity index (χ2v) is 4.69. The van der Waals surface area contributed by atoms with Gasteiger partial charge >= 0.3 is 6.18 Å². The van der Waals surface area contributed by atoms with Gasteiger partial charge in [0.2, 0.25) is 5.91 Å². The van der Waals surface area contributed by atoms with Crippen LogP contribution in [-0.4, -0.2) is 43.2 Å². The number of carbonyl (C=O) groups is 1. The van der Waals surface area contributed by atoms with Crippen LogP contribution in [0.1, 0.15) is 38.5 Å². The molecule has 106 valence electrons. The molecule has 0 saturated carbocycles. The van der Waals surface area contributed by atoms with E-state index in [4.69, 9.17) is 0 Å². The average molecular weight is 266 g/mol. The third kappa shape index (κ3) is 6.83. The molecule has 1 rings (SSSR count). The number of hydrogen-bond acceptors (Lipinski definition) is 2. The van der Waals surface area contributed by atoms with Gasteiger partial charge < -0.3 is 10.2 Å². The number of nitrogens with zero attached hydrogens (tertiary/aromatic N) is 1. The van der Waals surface area contributed by atoms with Crippen molar-refractivity contribution in [1.82, 2.24) is 10.2 Å². The van der Waals surface area contributed by atoms with Crippen molar-refractivity contribution in [1.29, 1.82) is 0 Å². The molecule has 0 aromatic rings. The molecule has 1 fully saturated rings. The van der Waals surface area contributed by atoms with Crippen molar-refractivity contribution in [2.45, 2.75) is 44.7 Å². The van der Waals surface area contributed by atoms with Crippen LogP contribution in [0.3, 0.4) is 0 Å². The number of piperidine rings is 1. The van der Waals surface area contributed by atoms with E-state index in [0.29, 0.717) is 13.0 Å². The van der Waals surface area contributed by atoms with E-state index in [9.17, 15) is 18.0 Å². The Bertz CT molecular complexity index is 250. The summed E-state index contributed by atoms with van der Waals surface area (Å²) in [4.78, 5) is 13.5. The van der Waals surface area contributed by atoms with Crippen LogP contribution < -0.4 is 5.32 Å². The Balaban J connectivity index is 1.98. The van der Waals surface area contributed by atoms with Crippen LogP contribution in [0, 0.1) is 0 Å². The molecule has 1 N–H and O–H groups in total. The first-order valence-corrected chi connectivity index (χ1v) is 6.54. The highest BCUT2D eigenvalue weighted by atomic mass is 19.4. The Morgan fingerprint density at radius 2 is 1.78 bits per heavy atom. The quantitative estimate of drug-likeness (QED) is 0.748. The van der Waals surface area contributed by atoms with E-state index in [1.165, 1.54) is 6.42 Å². The normalized spacial score (nSPS) is 16.9. The number of amides is 1. The number of likely N-dealkylation sites (tertiary alicyclic amines) is 1. The van der Waals surface area contributed by atoms with Gasteiger partial charge in [-0.05, 0) is 38.6 Å². The van der Waals surface area contributed by atoms with Crippen LogP contribution in [0.15, 0.2) is 0 Å². The van der Waals surface area contributed by atoms with Crippen LogP contribution in [0.25, 0.3) is 0 Å². The van der Waals surface area contributed by atoms with E-state index in [-0.39, 0.29) is 18.9 Å². The highest BCUT2D eigenvalue weighted by molar-refractivity contribution is 5.78. The van der Waals surface area contributed by atoms with Gasteiger partial charge in [-0.3, -0.25) is 4.79 Å². The zero-order chi connectivity index (χ0) is 13.4. The van der Waals surface area contributed by atoms with Crippen molar-refractivity contribution in [2.24, 2.45) is 0 Å². The summed E-state index contributed by atoms with van der Waals surface area (Å²) < 4.78 is 35.6. The molecular weight excluding hydrogens is 245 g/mol. The topological polar surface area (TPSA) is 32.3 Å². The average Bonchev–Trinajstić information content (AvgIpc) is 2.33. The zero-order valence-electron chi connectivity index (χ0n) is 10.6. The lowest BCUT2D eigenvalue weighted by molar-refractivity contribution is -0.136. The molecule has 0 aromatic heterocycles. The van der Waals surface area contributed by atoms with Crippen LogP contribution in [0.4, 0.5) is 13.2 Å². The smallest absolute Gasteiger partial charge is 0.342 e. The maximum absolute atomic E-state index is 11.9. The van der Waals surface area contributed by atoms with Crippen molar-refractivity contribution >= 4 is 5.91 Å². The van der Waals surface area contributed by atoms with Crippen molar-refractivity contribution in [3.63, 3.8) is 0 Å². The predicted octanol–water partition coefficient (Wildman–Crippen LogP) is 2.32. The Labute approximate surface area is 106 Å². The van der Waals surface area contributed by atoms with Crippen molar-refractivity contribution < 1.29 is 18.0 Å². The molecule has 0 aliphatic carbocycles. The van der Waals surface area contributed by atoms with Gasteiger partial charge in [0.05, 0.1) is 6.54 Å². The molecule has 0 unspecified atom stereocenters. The SMILES string of the molecule is O=C(CNCCCCC(F)(F)F)N1CCCCC1. The summed E-state index contributed by atoms with van der Waals surface area (Å²) in [6, 6.07) is 0.